The first-order valence-corrected chi connectivity index (χ1v) is 11.1. The van der Waals surface area contributed by atoms with Crippen LogP contribution in [0.1, 0.15) is 12.7 Å². The van der Waals surface area contributed by atoms with E-state index in [0.717, 1.165) is 36.9 Å². The summed E-state index contributed by atoms with van der Waals surface area (Å²) >= 11 is 1.40. The molecule has 0 radical (unpaired) electrons. The maximum absolute atomic E-state index is 15.4. The molecule has 10 heteroatoms. The largest absolute Gasteiger partial charge is 0.377 e. The van der Waals surface area contributed by atoms with E-state index in [-0.39, 0.29) is 11.4 Å². The van der Waals surface area contributed by atoms with Crippen molar-refractivity contribution in [1.82, 2.24) is 24.8 Å². The van der Waals surface area contributed by atoms with Crippen molar-refractivity contribution in [2.24, 2.45) is 0 Å². The highest BCUT2D eigenvalue weighted by Gasteiger charge is 2.41. The van der Waals surface area contributed by atoms with Crippen molar-refractivity contribution < 1.29 is 9.13 Å². The number of rotatable bonds is 5. The summed E-state index contributed by atoms with van der Waals surface area (Å²) < 4.78 is 20.7. The Kier molecular flexibility index (Phi) is 5.28. The van der Waals surface area contributed by atoms with Gasteiger partial charge in [-0.05, 0) is 26.0 Å². The molecule has 162 valence electrons. The molecule has 0 atom stereocenters. The number of nitrogens with zero attached hydrogens (tertiary/aromatic N) is 6. The summed E-state index contributed by atoms with van der Waals surface area (Å²) in [5.74, 6) is 0.548. The first-order valence-electron chi connectivity index (χ1n) is 10.3. The molecule has 0 aliphatic carbocycles. The number of pyridine rings is 1. The van der Waals surface area contributed by atoms with Gasteiger partial charge in [-0.3, -0.25) is 9.88 Å². The number of piperazine rings is 1. The second-order valence-corrected chi connectivity index (χ2v) is 9.12. The van der Waals surface area contributed by atoms with E-state index in [0.29, 0.717) is 29.9 Å². The molecule has 2 fully saturated rings. The van der Waals surface area contributed by atoms with Crippen molar-refractivity contribution in [3.63, 3.8) is 0 Å². The Bertz CT molecular complexity index is 1060. The van der Waals surface area contributed by atoms with Crippen LogP contribution in [0.25, 0.3) is 10.6 Å². The van der Waals surface area contributed by atoms with Gasteiger partial charge < -0.3 is 15.0 Å². The molecule has 0 unspecified atom stereocenters. The second-order valence-electron chi connectivity index (χ2n) is 8.09. The lowest BCUT2D eigenvalue weighted by Crippen LogP contribution is -2.64. The zero-order valence-corrected chi connectivity index (χ0v) is 18.3. The molecule has 1 N–H and O–H groups in total. The maximum atomic E-state index is 15.4. The molecule has 0 amide bonds. The standard InChI is InChI=1S/C21H24FN7OS/c1-14-25-18(27-20-24-11-16(31-20)15-5-3-4-6-23-15)17(22)19(26-14)28-7-9-29(10-8-28)21(2)12-30-13-21/h3-6,11H,7-10,12-13H2,1-2H3,(H,24,25,26,27). The first-order chi connectivity index (χ1) is 15.0. The summed E-state index contributed by atoms with van der Waals surface area (Å²) in [6.45, 7) is 8.64. The normalized spacial score (nSPS) is 18.6. The van der Waals surface area contributed by atoms with E-state index in [4.69, 9.17) is 4.74 Å². The molecule has 2 aliphatic rings. The molecule has 2 saturated heterocycles. The Labute approximate surface area is 184 Å². The molecular weight excluding hydrogens is 417 g/mol. The van der Waals surface area contributed by atoms with Gasteiger partial charge >= 0.3 is 0 Å². The van der Waals surface area contributed by atoms with Crippen LogP contribution in [0.5, 0.6) is 0 Å². The van der Waals surface area contributed by atoms with Gasteiger partial charge in [0.25, 0.3) is 0 Å². The monoisotopic (exact) mass is 441 g/mol. The number of anilines is 3. The quantitative estimate of drug-likeness (QED) is 0.647. The Morgan fingerprint density at radius 1 is 1.13 bits per heavy atom. The van der Waals surface area contributed by atoms with Crippen molar-refractivity contribution in [2.45, 2.75) is 19.4 Å². The van der Waals surface area contributed by atoms with E-state index >= 15 is 4.39 Å². The highest BCUT2D eigenvalue weighted by atomic mass is 32.1. The number of aryl methyl sites for hydroxylation is 1. The first kappa shape index (κ1) is 20.2. The minimum atomic E-state index is -0.452. The minimum Gasteiger partial charge on any atom is -0.377 e. The average Bonchev–Trinajstić information content (AvgIpc) is 3.24. The van der Waals surface area contributed by atoms with E-state index in [1.165, 1.54) is 11.3 Å². The van der Waals surface area contributed by atoms with Crippen LogP contribution in [0.3, 0.4) is 0 Å². The zero-order chi connectivity index (χ0) is 21.4. The predicted molar refractivity (Wildman–Crippen MR) is 118 cm³/mol. The summed E-state index contributed by atoms with van der Waals surface area (Å²) in [5.41, 5.74) is 0.936. The number of ether oxygens (including phenoxy) is 1. The third kappa shape index (κ3) is 3.98. The fraction of sp³-hybridized carbons (Fsp3) is 0.429. The van der Waals surface area contributed by atoms with Gasteiger partial charge in [-0.25, -0.2) is 15.0 Å². The predicted octanol–water partition coefficient (Wildman–Crippen LogP) is 3.10. The third-order valence-corrected chi connectivity index (χ3v) is 6.70. The van der Waals surface area contributed by atoms with Crippen LogP contribution in [0.15, 0.2) is 30.6 Å². The van der Waals surface area contributed by atoms with Crippen LogP contribution < -0.4 is 10.2 Å². The van der Waals surface area contributed by atoms with Crippen molar-refractivity contribution in [3.05, 3.63) is 42.2 Å². The van der Waals surface area contributed by atoms with Crippen LogP contribution in [0.4, 0.5) is 21.2 Å². The van der Waals surface area contributed by atoms with Crippen molar-refractivity contribution in [2.75, 3.05) is 49.6 Å². The highest BCUT2D eigenvalue weighted by Crippen LogP contribution is 2.32. The second kappa shape index (κ2) is 8.10. The molecule has 2 aliphatic heterocycles. The molecule has 31 heavy (non-hydrogen) atoms. The molecule has 5 rings (SSSR count). The molecule has 0 spiro atoms. The summed E-state index contributed by atoms with van der Waals surface area (Å²) in [4.78, 5) is 22.7. The van der Waals surface area contributed by atoms with E-state index in [1.807, 2.05) is 23.1 Å². The van der Waals surface area contributed by atoms with E-state index in [1.54, 1.807) is 19.3 Å². The Morgan fingerprint density at radius 2 is 1.94 bits per heavy atom. The van der Waals surface area contributed by atoms with E-state index in [9.17, 15) is 0 Å². The maximum Gasteiger partial charge on any atom is 0.208 e. The fourth-order valence-electron chi connectivity index (χ4n) is 3.93. The Hall–Kier alpha value is -2.69. The van der Waals surface area contributed by atoms with Crippen LogP contribution in [-0.2, 0) is 4.74 Å². The molecule has 0 aromatic carbocycles. The minimum absolute atomic E-state index is 0.106. The van der Waals surface area contributed by atoms with Gasteiger partial charge in [0.05, 0.1) is 29.3 Å². The zero-order valence-electron chi connectivity index (χ0n) is 17.5. The Morgan fingerprint density at radius 3 is 2.61 bits per heavy atom. The van der Waals surface area contributed by atoms with Gasteiger partial charge in [-0.15, -0.1) is 0 Å². The van der Waals surface area contributed by atoms with Crippen LogP contribution in [-0.4, -0.2) is 69.8 Å². The average molecular weight is 442 g/mol. The molecule has 0 saturated carbocycles. The summed E-state index contributed by atoms with van der Waals surface area (Å²) in [6, 6.07) is 5.71. The van der Waals surface area contributed by atoms with E-state index in [2.05, 4.69) is 37.1 Å². The molecule has 8 nitrogen and oxygen atoms in total. The molecular formula is C21H24FN7OS. The molecule has 3 aromatic rings. The lowest BCUT2D eigenvalue weighted by Gasteiger charge is -2.50. The summed E-state index contributed by atoms with van der Waals surface area (Å²) in [7, 11) is 0. The fourth-order valence-corrected chi connectivity index (χ4v) is 4.73. The van der Waals surface area contributed by atoms with Gasteiger partial charge in [0.2, 0.25) is 5.82 Å². The van der Waals surface area contributed by atoms with Crippen LogP contribution in [0, 0.1) is 12.7 Å². The van der Waals surface area contributed by atoms with Crippen molar-refractivity contribution in [3.8, 4) is 10.6 Å². The third-order valence-electron chi connectivity index (χ3n) is 5.76. The SMILES string of the molecule is Cc1nc(Nc2ncc(-c3ccccn3)s2)c(F)c(N2CCN(C3(C)COC3)CC2)n1. The van der Waals surface area contributed by atoms with Crippen LogP contribution in [0.2, 0.25) is 0 Å². The number of thiazole rings is 1. The molecule has 0 bridgehead atoms. The Balaban J connectivity index is 1.33. The lowest BCUT2D eigenvalue weighted by molar-refractivity contribution is -0.131. The topological polar surface area (TPSA) is 79.3 Å². The number of aromatic nitrogens is 4. The number of nitrogens with one attached hydrogen (secondary N) is 1. The van der Waals surface area contributed by atoms with Crippen LogP contribution >= 0.6 is 11.3 Å². The lowest BCUT2D eigenvalue weighted by atomic mass is 9.97. The summed E-state index contributed by atoms with van der Waals surface area (Å²) in [5, 5.41) is 3.60. The highest BCUT2D eigenvalue weighted by molar-refractivity contribution is 7.18. The number of hydrogen-bond acceptors (Lipinski definition) is 9. The van der Waals surface area contributed by atoms with Gasteiger partial charge in [-0.2, -0.15) is 4.39 Å². The van der Waals surface area contributed by atoms with Crippen molar-refractivity contribution in [1.29, 1.82) is 0 Å². The molecule has 3 aromatic heterocycles. The molecule has 5 heterocycles. The van der Waals surface area contributed by atoms with Gasteiger partial charge in [0.15, 0.2) is 16.8 Å². The van der Waals surface area contributed by atoms with Gasteiger partial charge in [0.1, 0.15) is 5.82 Å². The smallest absolute Gasteiger partial charge is 0.208 e. The van der Waals surface area contributed by atoms with Gasteiger partial charge in [0, 0.05) is 38.6 Å². The number of hydrogen-bond donors (Lipinski definition) is 1. The van der Waals surface area contributed by atoms with Crippen molar-refractivity contribution >= 4 is 28.1 Å². The number of halogens is 1. The van der Waals surface area contributed by atoms with E-state index < -0.39 is 5.82 Å². The van der Waals surface area contributed by atoms with Gasteiger partial charge in [-0.1, -0.05) is 17.4 Å². The summed E-state index contributed by atoms with van der Waals surface area (Å²) in [6.07, 6.45) is 3.46.